The Labute approximate surface area is 97.5 Å². The number of halogens is 3. The summed E-state index contributed by atoms with van der Waals surface area (Å²) in [4.78, 5) is 0. The third-order valence-corrected chi connectivity index (χ3v) is 2.57. The second-order valence-electron chi connectivity index (χ2n) is 3.56. The largest absolute Gasteiger partial charge is 0.207 e. The number of hydrogen-bond acceptors (Lipinski definition) is 0. The van der Waals surface area contributed by atoms with Crippen LogP contribution in [0, 0.1) is 11.6 Å². The first-order chi connectivity index (χ1) is 7.65. The molecule has 0 N–H and O–H groups in total. The monoisotopic (exact) mass is 238 g/mol. The van der Waals surface area contributed by atoms with Crippen LogP contribution in [-0.2, 0) is 6.42 Å². The highest BCUT2D eigenvalue weighted by atomic mass is 35.5. The Morgan fingerprint density at radius 1 is 0.938 bits per heavy atom. The van der Waals surface area contributed by atoms with E-state index >= 15 is 0 Å². The number of rotatable bonds is 2. The van der Waals surface area contributed by atoms with Crippen molar-refractivity contribution < 1.29 is 8.78 Å². The molecule has 3 heteroatoms. The van der Waals surface area contributed by atoms with Crippen molar-refractivity contribution in [3.05, 3.63) is 70.2 Å². The molecule has 82 valence electrons. The molecule has 0 radical (unpaired) electrons. The van der Waals surface area contributed by atoms with Crippen molar-refractivity contribution in [1.82, 2.24) is 0 Å². The Kier molecular flexibility index (Phi) is 3.20. The molecule has 0 heterocycles. The Morgan fingerprint density at radius 2 is 1.69 bits per heavy atom. The lowest BCUT2D eigenvalue weighted by Crippen LogP contribution is -1.90. The highest BCUT2D eigenvalue weighted by Gasteiger charge is 2.02. The van der Waals surface area contributed by atoms with Crippen molar-refractivity contribution in [1.29, 1.82) is 0 Å². The van der Waals surface area contributed by atoms with Gasteiger partial charge in [0.1, 0.15) is 11.6 Å². The minimum absolute atomic E-state index is 0.0916. The predicted molar refractivity (Wildman–Crippen MR) is 60.6 cm³/mol. The third-order valence-electron chi connectivity index (χ3n) is 2.28. The molecule has 2 rings (SSSR count). The molecule has 0 unspecified atom stereocenters. The fourth-order valence-electron chi connectivity index (χ4n) is 1.53. The maximum Gasteiger partial charge on any atom is 0.141 e. The van der Waals surface area contributed by atoms with Crippen LogP contribution in [-0.4, -0.2) is 0 Å². The van der Waals surface area contributed by atoms with E-state index in [1.165, 1.54) is 18.2 Å². The molecule has 2 aromatic rings. The van der Waals surface area contributed by atoms with Crippen LogP contribution in [0.5, 0.6) is 0 Å². The maximum atomic E-state index is 12.9. The van der Waals surface area contributed by atoms with Gasteiger partial charge in [-0.1, -0.05) is 29.8 Å². The van der Waals surface area contributed by atoms with Crippen LogP contribution in [0.4, 0.5) is 8.78 Å². The molecular weight excluding hydrogens is 230 g/mol. The Morgan fingerprint density at radius 3 is 2.38 bits per heavy atom. The second kappa shape index (κ2) is 4.62. The van der Waals surface area contributed by atoms with Crippen molar-refractivity contribution in [2.75, 3.05) is 0 Å². The lowest BCUT2D eigenvalue weighted by atomic mass is 10.1. The van der Waals surface area contributed by atoms with Gasteiger partial charge in [0, 0.05) is 0 Å². The van der Waals surface area contributed by atoms with Crippen molar-refractivity contribution in [3.63, 3.8) is 0 Å². The van der Waals surface area contributed by atoms with Crippen LogP contribution in [0.1, 0.15) is 11.1 Å². The van der Waals surface area contributed by atoms with E-state index in [0.29, 0.717) is 6.42 Å². The molecule has 0 aromatic heterocycles. The van der Waals surface area contributed by atoms with Gasteiger partial charge in [0.2, 0.25) is 0 Å². The predicted octanol–water partition coefficient (Wildman–Crippen LogP) is 4.21. The fourth-order valence-corrected chi connectivity index (χ4v) is 1.74. The summed E-state index contributed by atoms with van der Waals surface area (Å²) in [5.41, 5.74) is 1.69. The van der Waals surface area contributed by atoms with Crippen molar-refractivity contribution in [3.8, 4) is 0 Å². The summed E-state index contributed by atoms with van der Waals surface area (Å²) in [5, 5.41) is 0.0916. The first-order valence-electron chi connectivity index (χ1n) is 4.83. The first kappa shape index (κ1) is 11.1. The molecule has 0 spiro atoms. The minimum Gasteiger partial charge on any atom is -0.207 e. The Balaban J connectivity index is 2.24. The molecule has 0 aliphatic rings. The van der Waals surface area contributed by atoms with Crippen molar-refractivity contribution in [2.24, 2.45) is 0 Å². The Hall–Kier alpha value is -1.41. The van der Waals surface area contributed by atoms with Gasteiger partial charge in [-0.15, -0.1) is 0 Å². The van der Waals surface area contributed by atoms with Gasteiger partial charge in [-0.05, 0) is 41.8 Å². The van der Waals surface area contributed by atoms with E-state index < -0.39 is 5.82 Å². The molecule has 0 saturated heterocycles. The van der Waals surface area contributed by atoms with Gasteiger partial charge in [0.15, 0.2) is 0 Å². The van der Waals surface area contributed by atoms with E-state index in [9.17, 15) is 8.78 Å². The first-order valence-corrected chi connectivity index (χ1v) is 5.21. The lowest BCUT2D eigenvalue weighted by molar-refractivity contribution is 0.625. The third kappa shape index (κ3) is 2.58. The zero-order chi connectivity index (χ0) is 11.5. The van der Waals surface area contributed by atoms with Crippen LogP contribution >= 0.6 is 11.6 Å². The summed E-state index contributed by atoms with van der Waals surface area (Å²) in [6.07, 6.45) is 0.539. The summed E-state index contributed by atoms with van der Waals surface area (Å²) in [5.74, 6) is -0.713. The van der Waals surface area contributed by atoms with E-state index in [4.69, 9.17) is 11.6 Å². The molecule has 0 fully saturated rings. The number of hydrogen-bond donors (Lipinski definition) is 0. The van der Waals surface area contributed by atoms with Crippen LogP contribution < -0.4 is 0 Å². The smallest absolute Gasteiger partial charge is 0.141 e. The van der Waals surface area contributed by atoms with E-state index in [0.717, 1.165) is 11.1 Å². The molecule has 0 amide bonds. The van der Waals surface area contributed by atoms with Crippen molar-refractivity contribution in [2.45, 2.75) is 6.42 Å². The van der Waals surface area contributed by atoms with E-state index in [1.807, 2.05) is 6.07 Å². The molecule has 0 atom stereocenters. The quantitative estimate of drug-likeness (QED) is 0.735. The van der Waals surface area contributed by atoms with Gasteiger partial charge in [0.25, 0.3) is 0 Å². The molecule has 0 bridgehead atoms. The lowest BCUT2D eigenvalue weighted by Gasteiger charge is -2.03. The number of benzene rings is 2. The standard InChI is InChI=1S/C13H9ClF2/c14-12-8-10(4-5-13(12)16)6-9-2-1-3-11(15)7-9/h1-5,7-8H,6H2. The molecule has 16 heavy (non-hydrogen) atoms. The van der Waals surface area contributed by atoms with Crippen LogP contribution in [0.15, 0.2) is 42.5 Å². The van der Waals surface area contributed by atoms with Crippen LogP contribution in [0.3, 0.4) is 0 Å². The zero-order valence-corrected chi connectivity index (χ0v) is 9.14. The zero-order valence-electron chi connectivity index (χ0n) is 8.38. The molecule has 2 aromatic carbocycles. The molecular formula is C13H9ClF2. The van der Waals surface area contributed by atoms with Gasteiger partial charge < -0.3 is 0 Å². The summed E-state index contributed by atoms with van der Waals surface area (Å²) in [7, 11) is 0. The average molecular weight is 239 g/mol. The SMILES string of the molecule is Fc1cccc(Cc2ccc(F)c(Cl)c2)c1. The minimum atomic E-state index is -0.440. The van der Waals surface area contributed by atoms with E-state index in [2.05, 4.69) is 0 Å². The molecule has 0 nitrogen and oxygen atoms in total. The fraction of sp³-hybridized carbons (Fsp3) is 0.0769. The highest BCUT2D eigenvalue weighted by Crippen LogP contribution is 2.18. The van der Waals surface area contributed by atoms with Crippen LogP contribution in [0.2, 0.25) is 5.02 Å². The van der Waals surface area contributed by atoms with E-state index in [1.54, 1.807) is 18.2 Å². The maximum absolute atomic E-state index is 12.9. The summed E-state index contributed by atoms with van der Waals surface area (Å²) < 4.78 is 25.8. The van der Waals surface area contributed by atoms with Gasteiger partial charge in [-0.25, -0.2) is 8.78 Å². The van der Waals surface area contributed by atoms with Gasteiger partial charge in [0.05, 0.1) is 5.02 Å². The molecule has 0 aliphatic carbocycles. The summed E-state index contributed by atoms with van der Waals surface area (Å²) >= 11 is 5.66. The van der Waals surface area contributed by atoms with Gasteiger partial charge in [-0.2, -0.15) is 0 Å². The summed E-state index contributed by atoms with van der Waals surface area (Å²) in [6, 6.07) is 10.8. The van der Waals surface area contributed by atoms with Crippen molar-refractivity contribution >= 4 is 11.6 Å². The highest BCUT2D eigenvalue weighted by molar-refractivity contribution is 6.30. The second-order valence-corrected chi connectivity index (χ2v) is 3.96. The average Bonchev–Trinajstić information content (AvgIpc) is 2.24. The van der Waals surface area contributed by atoms with Crippen LogP contribution in [0.25, 0.3) is 0 Å². The normalized spacial score (nSPS) is 10.4. The van der Waals surface area contributed by atoms with Gasteiger partial charge in [-0.3, -0.25) is 0 Å². The van der Waals surface area contributed by atoms with Gasteiger partial charge >= 0.3 is 0 Å². The van der Waals surface area contributed by atoms with E-state index in [-0.39, 0.29) is 10.8 Å². The topological polar surface area (TPSA) is 0 Å². The Bertz CT molecular complexity index is 509. The summed E-state index contributed by atoms with van der Waals surface area (Å²) in [6.45, 7) is 0. The molecule has 0 aliphatic heterocycles. The molecule has 0 saturated carbocycles.